The molecule has 20 heavy (non-hydrogen) atoms. The van der Waals surface area contributed by atoms with Gasteiger partial charge in [0.05, 0.1) is 6.42 Å². The molecule has 0 saturated carbocycles. The summed E-state index contributed by atoms with van der Waals surface area (Å²) in [6.45, 7) is 5.67. The quantitative estimate of drug-likeness (QED) is 0.604. The van der Waals surface area contributed by atoms with Crippen LogP contribution in [-0.4, -0.2) is 17.3 Å². The summed E-state index contributed by atoms with van der Waals surface area (Å²) in [5.41, 5.74) is -0.398. The molecule has 2 nitrogen and oxygen atoms in total. The standard InChI is InChI=1S/C17H20O2S/c1-17(2,3)19-16(18)10-11-20-15-9-8-13-6-4-5-7-14(13)12-15/h4-9,12H,10-11H2,1-3H3. The van der Waals surface area contributed by atoms with Gasteiger partial charge in [0, 0.05) is 10.6 Å². The van der Waals surface area contributed by atoms with Gasteiger partial charge >= 0.3 is 5.97 Å². The Morgan fingerprint density at radius 1 is 1.10 bits per heavy atom. The molecule has 0 heterocycles. The van der Waals surface area contributed by atoms with Crippen LogP contribution in [0.4, 0.5) is 0 Å². The number of esters is 1. The van der Waals surface area contributed by atoms with Gasteiger partial charge in [0.2, 0.25) is 0 Å². The number of rotatable bonds is 4. The minimum absolute atomic E-state index is 0.134. The number of fused-ring (bicyclic) bond motifs is 1. The van der Waals surface area contributed by atoms with Crippen molar-refractivity contribution < 1.29 is 9.53 Å². The second-order valence-electron chi connectivity index (χ2n) is 5.69. The number of hydrogen-bond acceptors (Lipinski definition) is 3. The van der Waals surface area contributed by atoms with E-state index in [9.17, 15) is 4.79 Å². The number of carbonyl (C=O) groups is 1. The van der Waals surface area contributed by atoms with E-state index in [-0.39, 0.29) is 5.97 Å². The Labute approximate surface area is 124 Å². The van der Waals surface area contributed by atoms with E-state index in [1.54, 1.807) is 11.8 Å². The van der Waals surface area contributed by atoms with Crippen molar-refractivity contribution in [2.24, 2.45) is 0 Å². The first kappa shape index (κ1) is 14.9. The molecule has 3 heteroatoms. The van der Waals surface area contributed by atoms with Crippen LogP contribution in [0.1, 0.15) is 27.2 Å². The second kappa shape index (κ2) is 6.31. The monoisotopic (exact) mass is 288 g/mol. The first-order valence-corrected chi connectivity index (χ1v) is 7.76. The van der Waals surface area contributed by atoms with Crippen molar-refractivity contribution in [2.45, 2.75) is 37.7 Å². The SMILES string of the molecule is CC(C)(C)OC(=O)CCSc1ccc2ccccc2c1. The molecule has 0 unspecified atom stereocenters. The summed E-state index contributed by atoms with van der Waals surface area (Å²) in [4.78, 5) is 12.8. The van der Waals surface area contributed by atoms with Crippen molar-refractivity contribution in [3.8, 4) is 0 Å². The Bertz CT molecular complexity index is 599. The van der Waals surface area contributed by atoms with E-state index >= 15 is 0 Å². The fourth-order valence-corrected chi connectivity index (χ4v) is 2.78. The van der Waals surface area contributed by atoms with E-state index in [1.165, 1.54) is 15.7 Å². The van der Waals surface area contributed by atoms with Gasteiger partial charge in [0.15, 0.2) is 0 Å². The minimum atomic E-state index is -0.398. The van der Waals surface area contributed by atoms with Crippen molar-refractivity contribution in [2.75, 3.05) is 5.75 Å². The predicted octanol–water partition coefficient (Wildman–Crippen LogP) is 4.66. The maximum atomic E-state index is 11.6. The number of ether oxygens (including phenoxy) is 1. The molecule has 2 aromatic carbocycles. The van der Waals surface area contributed by atoms with Crippen LogP contribution >= 0.6 is 11.8 Å². The Balaban J connectivity index is 1.88. The molecule has 0 atom stereocenters. The van der Waals surface area contributed by atoms with Crippen molar-refractivity contribution in [1.82, 2.24) is 0 Å². The molecule has 0 saturated heterocycles. The molecule has 2 aromatic rings. The van der Waals surface area contributed by atoms with Crippen LogP contribution in [0.25, 0.3) is 10.8 Å². The van der Waals surface area contributed by atoms with Crippen molar-refractivity contribution >= 4 is 28.5 Å². The van der Waals surface area contributed by atoms with Crippen LogP contribution < -0.4 is 0 Å². The number of hydrogen-bond donors (Lipinski definition) is 0. The lowest BCUT2D eigenvalue weighted by atomic mass is 10.1. The molecule has 0 bridgehead atoms. The zero-order valence-corrected chi connectivity index (χ0v) is 13.0. The smallest absolute Gasteiger partial charge is 0.307 e. The highest BCUT2D eigenvalue weighted by molar-refractivity contribution is 7.99. The second-order valence-corrected chi connectivity index (χ2v) is 6.86. The molecule has 0 radical (unpaired) electrons. The molecular formula is C17H20O2S. The van der Waals surface area contributed by atoms with E-state index in [0.29, 0.717) is 6.42 Å². The largest absolute Gasteiger partial charge is 0.460 e. The highest BCUT2D eigenvalue weighted by atomic mass is 32.2. The fourth-order valence-electron chi connectivity index (χ4n) is 1.90. The van der Waals surface area contributed by atoms with Crippen LogP contribution in [0.15, 0.2) is 47.4 Å². The molecule has 0 aliphatic carbocycles. The van der Waals surface area contributed by atoms with Gasteiger partial charge in [0.1, 0.15) is 5.60 Å². The van der Waals surface area contributed by atoms with Gasteiger partial charge in [-0.05, 0) is 43.7 Å². The normalized spacial score (nSPS) is 11.6. The van der Waals surface area contributed by atoms with Crippen molar-refractivity contribution in [1.29, 1.82) is 0 Å². The fraction of sp³-hybridized carbons (Fsp3) is 0.353. The molecule has 0 fully saturated rings. The predicted molar refractivity (Wildman–Crippen MR) is 85.1 cm³/mol. The summed E-state index contributed by atoms with van der Waals surface area (Å²) in [5, 5.41) is 2.47. The summed E-state index contributed by atoms with van der Waals surface area (Å²) in [7, 11) is 0. The molecule has 106 valence electrons. The zero-order chi connectivity index (χ0) is 14.6. The highest BCUT2D eigenvalue weighted by Gasteiger charge is 2.15. The first-order chi connectivity index (χ1) is 9.44. The van der Waals surface area contributed by atoms with Crippen LogP contribution in [0.2, 0.25) is 0 Å². The maximum absolute atomic E-state index is 11.6. The molecule has 0 aliphatic rings. The van der Waals surface area contributed by atoms with E-state index in [2.05, 4.69) is 30.3 Å². The lowest BCUT2D eigenvalue weighted by Gasteiger charge is -2.19. The van der Waals surface area contributed by atoms with Crippen LogP contribution in [0, 0.1) is 0 Å². The van der Waals surface area contributed by atoms with E-state index in [1.807, 2.05) is 32.9 Å². The van der Waals surface area contributed by atoms with Gasteiger partial charge in [-0.25, -0.2) is 0 Å². The summed E-state index contributed by atoms with van der Waals surface area (Å²) >= 11 is 1.69. The van der Waals surface area contributed by atoms with Gasteiger partial charge in [0.25, 0.3) is 0 Å². The van der Waals surface area contributed by atoms with Crippen molar-refractivity contribution in [3.05, 3.63) is 42.5 Å². The Hall–Kier alpha value is -1.48. The van der Waals surface area contributed by atoms with E-state index in [0.717, 1.165) is 5.75 Å². The topological polar surface area (TPSA) is 26.3 Å². The summed E-state index contributed by atoms with van der Waals surface area (Å²) in [5.74, 6) is 0.610. The first-order valence-electron chi connectivity index (χ1n) is 6.77. The zero-order valence-electron chi connectivity index (χ0n) is 12.2. The molecule has 2 rings (SSSR count). The lowest BCUT2D eigenvalue weighted by Crippen LogP contribution is -2.23. The third kappa shape index (κ3) is 4.57. The molecule has 0 N–H and O–H groups in total. The summed E-state index contributed by atoms with van der Waals surface area (Å²) in [6, 6.07) is 14.7. The molecule has 0 aliphatic heterocycles. The number of carbonyl (C=O) groups excluding carboxylic acids is 1. The lowest BCUT2D eigenvalue weighted by molar-refractivity contribution is -0.154. The van der Waals surface area contributed by atoms with Gasteiger partial charge in [-0.2, -0.15) is 0 Å². The number of benzene rings is 2. The molecule has 0 spiro atoms. The van der Waals surface area contributed by atoms with Gasteiger partial charge in [-0.1, -0.05) is 30.3 Å². The van der Waals surface area contributed by atoms with Gasteiger partial charge in [-0.15, -0.1) is 11.8 Å². The average Bonchev–Trinajstić information content (AvgIpc) is 2.36. The Kier molecular flexibility index (Phi) is 4.71. The Morgan fingerprint density at radius 2 is 1.80 bits per heavy atom. The minimum Gasteiger partial charge on any atom is -0.460 e. The average molecular weight is 288 g/mol. The van der Waals surface area contributed by atoms with Crippen LogP contribution in [0.5, 0.6) is 0 Å². The summed E-state index contributed by atoms with van der Waals surface area (Å²) in [6.07, 6.45) is 0.439. The maximum Gasteiger partial charge on any atom is 0.307 e. The third-order valence-corrected chi connectivity index (χ3v) is 3.71. The van der Waals surface area contributed by atoms with Gasteiger partial charge in [-0.3, -0.25) is 4.79 Å². The molecule has 0 aromatic heterocycles. The molecule has 0 amide bonds. The summed E-state index contributed by atoms with van der Waals surface area (Å²) < 4.78 is 5.29. The molecular weight excluding hydrogens is 268 g/mol. The van der Waals surface area contributed by atoms with Gasteiger partial charge < -0.3 is 4.74 Å². The Morgan fingerprint density at radius 3 is 2.50 bits per heavy atom. The van der Waals surface area contributed by atoms with E-state index in [4.69, 9.17) is 4.74 Å². The van der Waals surface area contributed by atoms with E-state index < -0.39 is 5.60 Å². The van der Waals surface area contributed by atoms with Crippen LogP contribution in [0.3, 0.4) is 0 Å². The number of thioether (sulfide) groups is 1. The van der Waals surface area contributed by atoms with Crippen LogP contribution in [-0.2, 0) is 9.53 Å². The highest BCUT2D eigenvalue weighted by Crippen LogP contribution is 2.24. The third-order valence-electron chi connectivity index (χ3n) is 2.72. The van der Waals surface area contributed by atoms with Crippen molar-refractivity contribution in [3.63, 3.8) is 0 Å².